The van der Waals surface area contributed by atoms with Crippen molar-refractivity contribution in [2.45, 2.75) is 46.5 Å². The van der Waals surface area contributed by atoms with Crippen LogP contribution in [0.4, 0.5) is 0 Å². The van der Waals surface area contributed by atoms with Crippen molar-refractivity contribution in [3.63, 3.8) is 0 Å². The molecule has 0 bridgehead atoms. The first-order valence-corrected chi connectivity index (χ1v) is 13.4. The highest BCUT2D eigenvalue weighted by molar-refractivity contribution is 5.78. The third-order valence-electron chi connectivity index (χ3n) is 8.50. The minimum Gasteiger partial charge on any atom is -0.466 e. The van der Waals surface area contributed by atoms with Gasteiger partial charge in [0.05, 0.1) is 0 Å². The van der Waals surface area contributed by atoms with Crippen LogP contribution in [0.5, 0.6) is 0 Å². The zero-order valence-electron chi connectivity index (χ0n) is 22.6. The molecule has 1 amide bonds. The average Bonchev–Trinajstić information content (AvgIpc) is 3.18. The van der Waals surface area contributed by atoms with Crippen LogP contribution in [0.1, 0.15) is 57.6 Å². The molecule has 0 radical (unpaired) electrons. The maximum Gasteiger partial charge on any atom is 0.223 e. The summed E-state index contributed by atoms with van der Waals surface area (Å²) in [4.78, 5) is 18.0. The van der Waals surface area contributed by atoms with Gasteiger partial charge in [-0.2, -0.15) is 0 Å². The first-order valence-electron chi connectivity index (χ1n) is 13.4. The number of piperazine rings is 1. The van der Waals surface area contributed by atoms with Gasteiger partial charge in [-0.1, -0.05) is 67.6 Å². The van der Waals surface area contributed by atoms with Crippen LogP contribution >= 0.6 is 0 Å². The number of nitrogens with zero attached hydrogens (tertiary/aromatic N) is 2. The molecule has 1 atom stereocenters. The zero-order valence-corrected chi connectivity index (χ0v) is 22.6. The summed E-state index contributed by atoms with van der Waals surface area (Å²) in [6.07, 6.45) is 1.39. The highest BCUT2D eigenvalue weighted by Gasteiger charge is 2.43. The molecule has 0 saturated carbocycles. The predicted octanol–water partition coefficient (Wildman–Crippen LogP) is 5.57. The van der Waals surface area contributed by atoms with Crippen molar-refractivity contribution in [1.82, 2.24) is 9.80 Å². The summed E-state index contributed by atoms with van der Waals surface area (Å²) in [5.41, 5.74) is 13.6. The van der Waals surface area contributed by atoms with E-state index in [0.29, 0.717) is 6.42 Å². The standard InChI is InChI=1S/C32H39N3O2/c1-22-23(2)37-24(3)28-20-32(4,31(33)30(22)28)21-34-15-17-35(18-16-34)29(36)19-27(25-11-7-5-8-12-25)26-13-9-6-10-14-26/h5-14,27H,15-21,33H2,1-4H3. The molecule has 1 unspecified atom stereocenters. The Morgan fingerprint density at radius 1 is 0.919 bits per heavy atom. The molecule has 0 aromatic heterocycles. The second-order valence-corrected chi connectivity index (χ2v) is 11.1. The van der Waals surface area contributed by atoms with Crippen LogP contribution in [0.15, 0.2) is 94.6 Å². The lowest BCUT2D eigenvalue weighted by molar-refractivity contribution is -0.133. The van der Waals surface area contributed by atoms with Gasteiger partial charge in [0.1, 0.15) is 11.5 Å². The molecule has 0 spiro atoms. The number of nitrogens with two attached hydrogens (primary N) is 1. The van der Waals surface area contributed by atoms with E-state index in [9.17, 15) is 4.79 Å². The SMILES string of the molecule is CC1=C(C)C2=C(N)C(C)(CN3CCN(C(=O)CC(c4ccccc4)c4ccccc4)CC3)CC2=C(C)O1. The van der Waals surface area contributed by atoms with Crippen molar-refractivity contribution < 1.29 is 9.53 Å². The van der Waals surface area contributed by atoms with Crippen LogP contribution in [0, 0.1) is 5.41 Å². The van der Waals surface area contributed by atoms with Crippen LogP contribution < -0.4 is 5.73 Å². The Labute approximate surface area is 221 Å². The van der Waals surface area contributed by atoms with Gasteiger partial charge in [-0.15, -0.1) is 0 Å². The van der Waals surface area contributed by atoms with E-state index in [2.05, 4.69) is 67.3 Å². The molecule has 3 aliphatic rings. The average molecular weight is 498 g/mol. The maximum atomic E-state index is 13.4. The molecule has 2 heterocycles. The summed E-state index contributed by atoms with van der Waals surface area (Å²) in [6, 6.07) is 20.8. The number of hydrogen-bond donors (Lipinski definition) is 1. The largest absolute Gasteiger partial charge is 0.466 e. The fraction of sp³-hybridized carbons (Fsp3) is 0.406. The van der Waals surface area contributed by atoms with Crippen molar-refractivity contribution in [2.24, 2.45) is 11.1 Å². The van der Waals surface area contributed by atoms with Gasteiger partial charge in [0.2, 0.25) is 5.91 Å². The molecule has 2 aromatic carbocycles. The number of amides is 1. The summed E-state index contributed by atoms with van der Waals surface area (Å²) in [7, 11) is 0. The summed E-state index contributed by atoms with van der Waals surface area (Å²) in [5.74, 6) is 2.22. The highest BCUT2D eigenvalue weighted by Crippen LogP contribution is 2.50. The van der Waals surface area contributed by atoms with E-state index in [-0.39, 0.29) is 17.2 Å². The Morgan fingerprint density at radius 3 is 2.05 bits per heavy atom. The summed E-state index contributed by atoms with van der Waals surface area (Å²) in [5, 5.41) is 0. The lowest BCUT2D eigenvalue weighted by atomic mass is 9.85. The number of hydrogen-bond acceptors (Lipinski definition) is 4. The Balaban J connectivity index is 1.24. The van der Waals surface area contributed by atoms with Gasteiger partial charge >= 0.3 is 0 Å². The van der Waals surface area contributed by atoms with E-state index in [0.717, 1.165) is 61.9 Å². The summed E-state index contributed by atoms with van der Waals surface area (Å²) < 4.78 is 5.99. The number of rotatable bonds is 6. The van der Waals surface area contributed by atoms with E-state index in [1.54, 1.807) is 0 Å². The van der Waals surface area contributed by atoms with Gasteiger partial charge in [0.15, 0.2) is 0 Å². The van der Waals surface area contributed by atoms with Crippen molar-refractivity contribution in [2.75, 3.05) is 32.7 Å². The van der Waals surface area contributed by atoms with Gasteiger partial charge in [-0.25, -0.2) is 0 Å². The number of carbonyl (C=O) groups is 1. The lowest BCUT2D eigenvalue weighted by Gasteiger charge is -2.39. The second kappa shape index (κ2) is 10.2. The van der Waals surface area contributed by atoms with Crippen molar-refractivity contribution in [1.29, 1.82) is 0 Å². The Morgan fingerprint density at radius 2 is 1.49 bits per heavy atom. The molecule has 2 N–H and O–H groups in total. The molecule has 1 saturated heterocycles. The smallest absolute Gasteiger partial charge is 0.223 e. The molecule has 1 aliphatic carbocycles. The fourth-order valence-corrected chi connectivity index (χ4v) is 6.20. The Kier molecular flexibility index (Phi) is 7.00. The number of carbonyl (C=O) groups excluding carboxylic acids is 1. The molecule has 5 nitrogen and oxygen atoms in total. The van der Waals surface area contributed by atoms with Crippen LogP contribution in [-0.2, 0) is 9.53 Å². The van der Waals surface area contributed by atoms with Crippen LogP contribution in [0.25, 0.3) is 0 Å². The van der Waals surface area contributed by atoms with Gasteiger partial charge in [0.25, 0.3) is 0 Å². The Bertz CT molecular complexity index is 1210. The zero-order chi connectivity index (χ0) is 26.2. The van der Waals surface area contributed by atoms with Crippen LogP contribution in [0.2, 0.25) is 0 Å². The third kappa shape index (κ3) is 4.97. The Hall–Kier alpha value is -3.31. The molecule has 5 rings (SSSR count). The quantitative estimate of drug-likeness (QED) is 0.567. The monoisotopic (exact) mass is 497 g/mol. The van der Waals surface area contributed by atoms with Gasteiger partial charge in [0, 0.05) is 67.3 Å². The second-order valence-electron chi connectivity index (χ2n) is 11.1. The maximum absolute atomic E-state index is 13.4. The minimum atomic E-state index is -0.126. The number of benzene rings is 2. The summed E-state index contributed by atoms with van der Waals surface area (Å²) in [6.45, 7) is 12.6. The molecule has 5 heteroatoms. The van der Waals surface area contributed by atoms with Gasteiger partial charge in [-0.3, -0.25) is 9.69 Å². The van der Waals surface area contributed by atoms with Gasteiger partial charge in [-0.05, 0) is 43.9 Å². The van der Waals surface area contributed by atoms with Crippen LogP contribution in [0.3, 0.4) is 0 Å². The van der Waals surface area contributed by atoms with Crippen LogP contribution in [-0.4, -0.2) is 48.4 Å². The topological polar surface area (TPSA) is 58.8 Å². The normalized spacial score (nSPS) is 22.6. The third-order valence-corrected chi connectivity index (χ3v) is 8.50. The van der Waals surface area contributed by atoms with Gasteiger partial charge < -0.3 is 15.4 Å². The minimum absolute atomic E-state index is 0.0681. The van der Waals surface area contributed by atoms with Crippen molar-refractivity contribution in [3.05, 3.63) is 106 Å². The van der Waals surface area contributed by atoms with E-state index < -0.39 is 0 Å². The molecular formula is C32H39N3O2. The lowest BCUT2D eigenvalue weighted by Crippen LogP contribution is -2.51. The molecule has 194 valence electrons. The first kappa shape index (κ1) is 25.3. The fourth-order valence-electron chi connectivity index (χ4n) is 6.20. The van der Waals surface area contributed by atoms with Crippen molar-refractivity contribution >= 4 is 5.91 Å². The van der Waals surface area contributed by atoms with E-state index in [4.69, 9.17) is 10.5 Å². The number of allylic oxidation sites excluding steroid dienone is 5. The molecule has 37 heavy (non-hydrogen) atoms. The summed E-state index contributed by atoms with van der Waals surface area (Å²) >= 11 is 0. The highest BCUT2D eigenvalue weighted by atomic mass is 16.5. The first-order chi connectivity index (χ1) is 17.8. The molecule has 2 aromatic rings. The van der Waals surface area contributed by atoms with E-state index >= 15 is 0 Å². The number of ether oxygens (including phenoxy) is 1. The molecular weight excluding hydrogens is 458 g/mol. The van der Waals surface area contributed by atoms with E-state index in [1.807, 2.05) is 30.9 Å². The predicted molar refractivity (Wildman–Crippen MR) is 148 cm³/mol. The van der Waals surface area contributed by atoms with E-state index in [1.165, 1.54) is 22.3 Å². The molecule has 2 aliphatic heterocycles. The van der Waals surface area contributed by atoms with Crippen molar-refractivity contribution in [3.8, 4) is 0 Å². The number of fused-ring (bicyclic) bond motifs is 1. The molecule has 1 fully saturated rings.